The molecule has 0 radical (unpaired) electrons. The van der Waals surface area contributed by atoms with E-state index in [1.54, 1.807) is 0 Å². The fourth-order valence-corrected chi connectivity index (χ4v) is 2.23. The van der Waals surface area contributed by atoms with Gasteiger partial charge in [-0.2, -0.15) is 0 Å². The van der Waals surface area contributed by atoms with Gasteiger partial charge in [0.1, 0.15) is 0 Å². The summed E-state index contributed by atoms with van der Waals surface area (Å²) in [6, 6.07) is 0. The summed E-state index contributed by atoms with van der Waals surface area (Å²) in [6.07, 6.45) is 11.1. The summed E-state index contributed by atoms with van der Waals surface area (Å²) in [5.74, 6) is 0. The molecule has 0 aromatic rings. The third-order valence-corrected chi connectivity index (χ3v) is 3.40. The molecule has 0 aliphatic heterocycles. The van der Waals surface area contributed by atoms with Gasteiger partial charge in [-0.3, -0.25) is 0 Å². The molecular formula is C15H33NO2. The first-order chi connectivity index (χ1) is 8.70. The number of nitrogens with zero attached hydrogens (tertiary/aromatic N) is 1. The van der Waals surface area contributed by atoms with Gasteiger partial charge in [0, 0.05) is 13.1 Å². The molecule has 3 nitrogen and oxygen atoms in total. The molecule has 2 N–H and O–H groups in total. The lowest BCUT2D eigenvalue weighted by molar-refractivity contribution is 0.105. The fraction of sp³-hybridized carbons (Fsp3) is 1.00. The average molecular weight is 259 g/mol. The van der Waals surface area contributed by atoms with Crippen molar-refractivity contribution in [2.75, 3.05) is 26.7 Å². The molecule has 0 bridgehead atoms. The first-order valence-electron chi connectivity index (χ1n) is 7.68. The molecule has 110 valence electrons. The zero-order chi connectivity index (χ0) is 13.6. The van der Waals surface area contributed by atoms with Crippen molar-refractivity contribution in [3.8, 4) is 0 Å². The number of aliphatic hydroxyl groups excluding tert-OH is 2. The van der Waals surface area contributed by atoms with Crippen LogP contribution < -0.4 is 0 Å². The molecule has 0 aromatic carbocycles. The molecule has 1 unspecified atom stereocenters. The highest BCUT2D eigenvalue weighted by Gasteiger charge is 2.07. The van der Waals surface area contributed by atoms with Crippen molar-refractivity contribution >= 4 is 0 Å². The van der Waals surface area contributed by atoms with Crippen LogP contribution in [-0.4, -0.2) is 48.0 Å². The maximum absolute atomic E-state index is 9.80. The van der Waals surface area contributed by atoms with Crippen LogP contribution in [0.1, 0.15) is 64.7 Å². The van der Waals surface area contributed by atoms with Gasteiger partial charge in [-0.15, -0.1) is 0 Å². The van der Waals surface area contributed by atoms with E-state index >= 15 is 0 Å². The Kier molecular flexibility index (Phi) is 13.2. The summed E-state index contributed by atoms with van der Waals surface area (Å²) in [7, 11) is 1.94. The van der Waals surface area contributed by atoms with E-state index in [2.05, 4.69) is 6.92 Å². The predicted octanol–water partition coefficient (Wildman–Crippen LogP) is 2.80. The Morgan fingerprint density at radius 1 is 0.944 bits per heavy atom. The highest BCUT2D eigenvalue weighted by molar-refractivity contribution is 4.61. The first kappa shape index (κ1) is 17.9. The van der Waals surface area contributed by atoms with Gasteiger partial charge < -0.3 is 15.1 Å². The van der Waals surface area contributed by atoms with E-state index in [1.807, 2.05) is 11.9 Å². The quantitative estimate of drug-likeness (QED) is 0.500. The molecule has 0 spiro atoms. The third-order valence-electron chi connectivity index (χ3n) is 3.40. The van der Waals surface area contributed by atoms with Crippen molar-refractivity contribution in [3.63, 3.8) is 0 Å². The minimum absolute atomic E-state index is 0.168. The van der Waals surface area contributed by atoms with E-state index in [0.29, 0.717) is 13.1 Å². The molecule has 3 heteroatoms. The van der Waals surface area contributed by atoms with Gasteiger partial charge >= 0.3 is 0 Å². The summed E-state index contributed by atoms with van der Waals surface area (Å²) in [6.45, 7) is 3.74. The molecule has 0 aliphatic carbocycles. The summed E-state index contributed by atoms with van der Waals surface area (Å²) >= 11 is 0. The molecule has 0 saturated heterocycles. The zero-order valence-corrected chi connectivity index (χ0v) is 12.4. The van der Waals surface area contributed by atoms with Gasteiger partial charge in [0.05, 0.1) is 12.7 Å². The number of likely N-dealkylation sites (N-methyl/N-ethyl adjacent to an activating group) is 1. The summed E-state index contributed by atoms with van der Waals surface area (Å²) in [5, 5.41) is 18.6. The molecule has 18 heavy (non-hydrogen) atoms. The fourth-order valence-electron chi connectivity index (χ4n) is 2.23. The minimum atomic E-state index is -0.235. The lowest BCUT2D eigenvalue weighted by atomic mass is 10.1. The zero-order valence-electron chi connectivity index (χ0n) is 12.4. The second-order valence-corrected chi connectivity index (χ2v) is 5.40. The molecule has 0 aromatic heterocycles. The van der Waals surface area contributed by atoms with E-state index < -0.39 is 0 Å². The Bertz CT molecular complexity index is 165. The number of rotatable bonds is 13. The van der Waals surface area contributed by atoms with E-state index in [0.717, 1.165) is 12.8 Å². The lowest BCUT2D eigenvalue weighted by Crippen LogP contribution is -2.31. The SMILES string of the molecule is CCCCCCCCCCC(O)CN(C)CCO. The van der Waals surface area contributed by atoms with Crippen LogP contribution in [0.4, 0.5) is 0 Å². The lowest BCUT2D eigenvalue weighted by Gasteiger charge is -2.19. The minimum Gasteiger partial charge on any atom is -0.395 e. The topological polar surface area (TPSA) is 43.7 Å². The van der Waals surface area contributed by atoms with E-state index in [-0.39, 0.29) is 12.7 Å². The Morgan fingerprint density at radius 2 is 1.50 bits per heavy atom. The number of hydrogen-bond donors (Lipinski definition) is 2. The van der Waals surface area contributed by atoms with Crippen LogP contribution in [0, 0.1) is 0 Å². The molecule has 1 atom stereocenters. The Hall–Kier alpha value is -0.120. The van der Waals surface area contributed by atoms with Crippen molar-refractivity contribution in [3.05, 3.63) is 0 Å². The predicted molar refractivity (Wildman–Crippen MR) is 77.8 cm³/mol. The molecule has 0 heterocycles. The standard InChI is InChI=1S/C15H33NO2/c1-3-4-5-6-7-8-9-10-11-15(18)14-16(2)12-13-17/h15,17-18H,3-14H2,1-2H3. The van der Waals surface area contributed by atoms with Crippen LogP contribution in [0.5, 0.6) is 0 Å². The van der Waals surface area contributed by atoms with Gasteiger partial charge in [0.25, 0.3) is 0 Å². The van der Waals surface area contributed by atoms with Gasteiger partial charge in [-0.05, 0) is 13.5 Å². The normalized spacial score (nSPS) is 13.2. The van der Waals surface area contributed by atoms with E-state index in [4.69, 9.17) is 5.11 Å². The number of aliphatic hydroxyl groups is 2. The smallest absolute Gasteiger partial charge is 0.0667 e. The largest absolute Gasteiger partial charge is 0.395 e. The third kappa shape index (κ3) is 12.3. The second kappa shape index (κ2) is 13.3. The number of hydrogen-bond acceptors (Lipinski definition) is 3. The molecule has 0 aliphatic rings. The van der Waals surface area contributed by atoms with Gasteiger partial charge in [0.2, 0.25) is 0 Å². The summed E-state index contributed by atoms with van der Waals surface area (Å²) < 4.78 is 0. The van der Waals surface area contributed by atoms with Gasteiger partial charge in [-0.1, -0.05) is 58.3 Å². The summed E-state index contributed by atoms with van der Waals surface area (Å²) in [4.78, 5) is 1.98. The van der Waals surface area contributed by atoms with Crippen LogP contribution in [0.2, 0.25) is 0 Å². The highest BCUT2D eigenvalue weighted by atomic mass is 16.3. The Labute approximate surface area is 113 Å². The summed E-state index contributed by atoms with van der Waals surface area (Å²) in [5.41, 5.74) is 0. The molecule has 0 amide bonds. The van der Waals surface area contributed by atoms with Crippen molar-refractivity contribution in [1.82, 2.24) is 4.90 Å². The van der Waals surface area contributed by atoms with E-state index in [1.165, 1.54) is 44.9 Å². The average Bonchev–Trinajstić information content (AvgIpc) is 2.32. The van der Waals surface area contributed by atoms with Crippen molar-refractivity contribution in [1.29, 1.82) is 0 Å². The molecule has 0 rings (SSSR count). The Morgan fingerprint density at radius 3 is 2.06 bits per heavy atom. The van der Waals surface area contributed by atoms with E-state index in [9.17, 15) is 5.11 Å². The Balaban J connectivity index is 3.22. The highest BCUT2D eigenvalue weighted by Crippen LogP contribution is 2.10. The maximum Gasteiger partial charge on any atom is 0.0667 e. The van der Waals surface area contributed by atoms with Gasteiger partial charge in [-0.25, -0.2) is 0 Å². The van der Waals surface area contributed by atoms with Crippen LogP contribution in [-0.2, 0) is 0 Å². The van der Waals surface area contributed by atoms with Crippen LogP contribution in [0.15, 0.2) is 0 Å². The first-order valence-corrected chi connectivity index (χ1v) is 7.68. The van der Waals surface area contributed by atoms with Crippen molar-refractivity contribution < 1.29 is 10.2 Å². The van der Waals surface area contributed by atoms with Crippen LogP contribution in [0.3, 0.4) is 0 Å². The number of unbranched alkanes of at least 4 members (excludes halogenated alkanes) is 7. The second-order valence-electron chi connectivity index (χ2n) is 5.40. The van der Waals surface area contributed by atoms with Crippen LogP contribution >= 0.6 is 0 Å². The molecular weight excluding hydrogens is 226 g/mol. The molecule has 0 saturated carbocycles. The maximum atomic E-state index is 9.80. The van der Waals surface area contributed by atoms with Crippen molar-refractivity contribution in [2.45, 2.75) is 70.8 Å². The van der Waals surface area contributed by atoms with Crippen LogP contribution in [0.25, 0.3) is 0 Å². The van der Waals surface area contributed by atoms with Crippen molar-refractivity contribution in [2.24, 2.45) is 0 Å². The molecule has 0 fully saturated rings. The van der Waals surface area contributed by atoms with Gasteiger partial charge in [0.15, 0.2) is 0 Å². The monoisotopic (exact) mass is 259 g/mol.